The molecule has 0 spiro atoms. The number of carbonyl (C=O) groups is 1. The van der Waals surface area contributed by atoms with Crippen molar-refractivity contribution in [1.82, 2.24) is 4.98 Å². The van der Waals surface area contributed by atoms with Crippen LogP contribution in [0.2, 0.25) is 0 Å². The normalized spacial score (nSPS) is 32.9. The van der Waals surface area contributed by atoms with E-state index in [9.17, 15) is 4.79 Å². The molecule has 2 aliphatic carbocycles. The molecule has 2 unspecified atom stereocenters. The van der Waals surface area contributed by atoms with E-state index in [0.29, 0.717) is 18.2 Å². The standard InChI is InChI=1S/C18H24N2O2/c1-2-22-18(21)15-3-4-17(19-10-15)20-11-14-6-12-5-13(7-14)9-16(20)8-12/h3-4,10,12-14,16H,2,5-9,11H2,1H3. The maximum atomic E-state index is 11.7. The first-order valence-corrected chi connectivity index (χ1v) is 8.62. The summed E-state index contributed by atoms with van der Waals surface area (Å²) < 4.78 is 5.03. The van der Waals surface area contributed by atoms with Crippen molar-refractivity contribution in [2.75, 3.05) is 18.1 Å². The van der Waals surface area contributed by atoms with Crippen LogP contribution in [0.15, 0.2) is 18.3 Å². The van der Waals surface area contributed by atoms with E-state index >= 15 is 0 Å². The molecule has 0 amide bonds. The van der Waals surface area contributed by atoms with Gasteiger partial charge < -0.3 is 9.64 Å². The van der Waals surface area contributed by atoms with E-state index < -0.39 is 0 Å². The number of hydrogen-bond acceptors (Lipinski definition) is 4. The van der Waals surface area contributed by atoms with Crippen LogP contribution in [0.3, 0.4) is 0 Å². The average molecular weight is 300 g/mol. The molecule has 1 aromatic rings. The van der Waals surface area contributed by atoms with E-state index in [4.69, 9.17) is 4.74 Å². The molecule has 118 valence electrons. The number of carbonyl (C=O) groups excluding carboxylic acids is 1. The molecule has 2 saturated carbocycles. The average Bonchev–Trinajstić information content (AvgIpc) is 2.71. The molecule has 2 atom stereocenters. The van der Waals surface area contributed by atoms with Gasteiger partial charge in [-0.05, 0) is 68.9 Å². The van der Waals surface area contributed by atoms with Crippen LogP contribution in [-0.2, 0) is 4.74 Å². The summed E-state index contributed by atoms with van der Waals surface area (Å²) in [7, 11) is 0. The third-order valence-corrected chi connectivity index (χ3v) is 5.66. The first kappa shape index (κ1) is 14.0. The van der Waals surface area contributed by atoms with Crippen LogP contribution in [-0.4, -0.2) is 30.1 Å². The molecule has 4 nitrogen and oxygen atoms in total. The summed E-state index contributed by atoms with van der Waals surface area (Å²) >= 11 is 0. The monoisotopic (exact) mass is 300 g/mol. The molecule has 5 rings (SSSR count). The van der Waals surface area contributed by atoms with E-state index in [1.807, 2.05) is 19.1 Å². The Kier molecular flexibility index (Phi) is 3.55. The SMILES string of the molecule is CCOC(=O)c1ccc(N2CC3CC4CC(C3)CC2C4)nc1. The van der Waals surface area contributed by atoms with E-state index in [2.05, 4.69) is 9.88 Å². The summed E-state index contributed by atoms with van der Waals surface area (Å²) in [6.07, 6.45) is 8.59. The number of pyridine rings is 1. The Hall–Kier alpha value is -1.58. The van der Waals surface area contributed by atoms with E-state index in [0.717, 1.165) is 30.1 Å². The van der Waals surface area contributed by atoms with Crippen molar-refractivity contribution in [3.8, 4) is 0 Å². The third kappa shape index (κ3) is 2.49. The molecule has 1 aromatic heterocycles. The lowest BCUT2D eigenvalue weighted by atomic mass is 9.68. The zero-order chi connectivity index (χ0) is 15.1. The van der Waals surface area contributed by atoms with Gasteiger partial charge in [-0.2, -0.15) is 0 Å². The van der Waals surface area contributed by atoms with Crippen LogP contribution in [0.1, 0.15) is 49.4 Å². The zero-order valence-electron chi connectivity index (χ0n) is 13.2. The van der Waals surface area contributed by atoms with E-state index in [-0.39, 0.29) is 5.97 Å². The maximum Gasteiger partial charge on any atom is 0.339 e. The highest BCUT2D eigenvalue weighted by molar-refractivity contribution is 5.89. The van der Waals surface area contributed by atoms with Gasteiger partial charge in [-0.3, -0.25) is 0 Å². The number of aromatic nitrogens is 1. The van der Waals surface area contributed by atoms with Crippen LogP contribution in [0, 0.1) is 17.8 Å². The number of nitrogens with zero attached hydrogens (tertiary/aromatic N) is 2. The number of rotatable bonds is 3. The van der Waals surface area contributed by atoms with Crippen LogP contribution in [0.4, 0.5) is 5.82 Å². The van der Waals surface area contributed by atoms with Crippen molar-refractivity contribution in [1.29, 1.82) is 0 Å². The van der Waals surface area contributed by atoms with Gasteiger partial charge in [0.1, 0.15) is 5.82 Å². The summed E-state index contributed by atoms with van der Waals surface area (Å²) in [6.45, 7) is 3.37. The van der Waals surface area contributed by atoms with Gasteiger partial charge in [0.2, 0.25) is 0 Å². The van der Waals surface area contributed by atoms with Crippen molar-refractivity contribution in [3.63, 3.8) is 0 Å². The summed E-state index contributed by atoms with van der Waals surface area (Å²) in [6, 6.07) is 4.51. The second-order valence-electron chi connectivity index (χ2n) is 7.21. The van der Waals surface area contributed by atoms with Crippen LogP contribution in [0.25, 0.3) is 0 Å². The number of ether oxygens (including phenoxy) is 1. The summed E-state index contributed by atoms with van der Waals surface area (Å²) in [5.74, 6) is 3.46. The lowest BCUT2D eigenvalue weighted by molar-refractivity contribution is 0.0526. The Bertz CT molecular complexity index is 543. The largest absolute Gasteiger partial charge is 0.462 e. The Morgan fingerprint density at radius 1 is 1.18 bits per heavy atom. The maximum absolute atomic E-state index is 11.7. The zero-order valence-corrected chi connectivity index (χ0v) is 13.2. The molecular weight excluding hydrogens is 276 g/mol. The number of fused-ring (bicyclic) bond motifs is 1. The first-order chi connectivity index (χ1) is 10.7. The molecular formula is C18H24N2O2. The first-order valence-electron chi connectivity index (χ1n) is 8.62. The Morgan fingerprint density at radius 3 is 2.55 bits per heavy atom. The second-order valence-corrected chi connectivity index (χ2v) is 7.21. The number of anilines is 1. The highest BCUT2D eigenvalue weighted by atomic mass is 16.5. The molecule has 4 fully saturated rings. The molecule has 2 aliphatic heterocycles. The van der Waals surface area contributed by atoms with Crippen molar-refractivity contribution in [2.45, 2.75) is 45.1 Å². The van der Waals surface area contributed by atoms with Gasteiger partial charge in [0.05, 0.1) is 12.2 Å². The van der Waals surface area contributed by atoms with Crippen molar-refractivity contribution in [3.05, 3.63) is 23.9 Å². The molecule has 0 aromatic carbocycles. The smallest absolute Gasteiger partial charge is 0.339 e. The fourth-order valence-electron chi connectivity index (χ4n) is 4.96. The summed E-state index contributed by atoms with van der Waals surface area (Å²) in [4.78, 5) is 18.8. The quantitative estimate of drug-likeness (QED) is 0.804. The molecule has 2 saturated heterocycles. The lowest BCUT2D eigenvalue weighted by Gasteiger charge is -2.39. The number of hydrogen-bond donors (Lipinski definition) is 0. The predicted octanol–water partition coefficient (Wildman–Crippen LogP) is 3.27. The Labute approximate surface area is 131 Å². The fourth-order valence-corrected chi connectivity index (χ4v) is 4.96. The van der Waals surface area contributed by atoms with Gasteiger partial charge in [-0.1, -0.05) is 0 Å². The van der Waals surface area contributed by atoms with Gasteiger partial charge >= 0.3 is 5.97 Å². The van der Waals surface area contributed by atoms with E-state index in [1.165, 1.54) is 32.1 Å². The molecule has 4 bridgehead atoms. The summed E-state index contributed by atoms with van der Waals surface area (Å²) in [5, 5.41) is 0. The van der Waals surface area contributed by atoms with Gasteiger partial charge in [0, 0.05) is 18.8 Å². The highest BCUT2D eigenvalue weighted by Gasteiger charge is 2.42. The van der Waals surface area contributed by atoms with Crippen molar-refractivity contribution >= 4 is 11.8 Å². The minimum Gasteiger partial charge on any atom is -0.462 e. The fraction of sp³-hybridized carbons (Fsp3) is 0.667. The molecule has 4 aliphatic rings. The second kappa shape index (κ2) is 5.56. The van der Waals surface area contributed by atoms with Crippen LogP contribution >= 0.6 is 0 Å². The van der Waals surface area contributed by atoms with Crippen LogP contribution in [0.5, 0.6) is 0 Å². The third-order valence-electron chi connectivity index (χ3n) is 5.66. The van der Waals surface area contributed by atoms with Gasteiger partial charge in [0.15, 0.2) is 0 Å². The lowest BCUT2D eigenvalue weighted by Crippen LogP contribution is -2.38. The molecule has 0 N–H and O–H groups in total. The topological polar surface area (TPSA) is 42.4 Å². The van der Waals surface area contributed by atoms with Gasteiger partial charge in [-0.15, -0.1) is 0 Å². The molecule has 22 heavy (non-hydrogen) atoms. The van der Waals surface area contributed by atoms with Gasteiger partial charge in [0.25, 0.3) is 0 Å². The number of esters is 1. The minimum atomic E-state index is -0.280. The Balaban J connectivity index is 1.55. The van der Waals surface area contributed by atoms with Crippen LogP contribution < -0.4 is 4.90 Å². The van der Waals surface area contributed by atoms with E-state index in [1.54, 1.807) is 6.20 Å². The molecule has 3 heterocycles. The molecule has 0 radical (unpaired) electrons. The van der Waals surface area contributed by atoms with Crippen molar-refractivity contribution in [2.24, 2.45) is 17.8 Å². The Morgan fingerprint density at radius 2 is 1.91 bits per heavy atom. The summed E-state index contributed by atoms with van der Waals surface area (Å²) in [5.41, 5.74) is 0.547. The van der Waals surface area contributed by atoms with Gasteiger partial charge in [-0.25, -0.2) is 9.78 Å². The molecule has 4 heteroatoms. The highest BCUT2D eigenvalue weighted by Crippen LogP contribution is 2.48. The van der Waals surface area contributed by atoms with Crippen molar-refractivity contribution < 1.29 is 9.53 Å². The minimum absolute atomic E-state index is 0.280. The predicted molar refractivity (Wildman–Crippen MR) is 84.9 cm³/mol.